The first kappa shape index (κ1) is 35.6. The van der Waals surface area contributed by atoms with Gasteiger partial charge in [-0.3, -0.25) is 14.4 Å². The van der Waals surface area contributed by atoms with Crippen molar-refractivity contribution >= 4 is 72.1 Å². The van der Waals surface area contributed by atoms with Gasteiger partial charge in [-0.2, -0.15) is 0 Å². The molecule has 0 saturated heterocycles. The van der Waals surface area contributed by atoms with Gasteiger partial charge in [-0.15, -0.1) is 0 Å². The molecule has 7 nitrogen and oxygen atoms in total. The lowest BCUT2D eigenvalue weighted by Gasteiger charge is -2.36. The molecule has 0 fully saturated rings. The first-order chi connectivity index (χ1) is 22.4. The molecular formula is C37H38Cl2N3O4Si. The van der Waals surface area contributed by atoms with Gasteiger partial charge in [0.25, 0.3) is 14.9 Å². The molecule has 47 heavy (non-hydrogen) atoms. The number of nitrogens with zero attached hydrogens (tertiary/aromatic N) is 1. The van der Waals surface area contributed by atoms with Crippen LogP contribution in [-0.4, -0.2) is 47.4 Å². The van der Waals surface area contributed by atoms with Gasteiger partial charge in [-0.1, -0.05) is 117 Å². The lowest BCUT2D eigenvalue weighted by molar-refractivity contribution is -0.122. The maximum absolute atomic E-state index is 13.2. The number of carbonyl (C=O) groups is 3. The fourth-order valence-electron chi connectivity index (χ4n) is 4.86. The molecule has 0 aliphatic carbocycles. The highest BCUT2D eigenvalue weighted by atomic mass is 35.5. The number of likely N-dealkylation sites (N-methyl/N-ethyl adjacent to an activating group) is 1. The van der Waals surface area contributed by atoms with Crippen molar-refractivity contribution in [1.82, 2.24) is 10.6 Å². The largest absolute Gasteiger partial charge is 0.400 e. The molecule has 2 N–H and O–H groups in total. The van der Waals surface area contributed by atoms with Crippen LogP contribution in [0, 0.1) is 5.41 Å². The average Bonchev–Trinajstić information content (AvgIpc) is 3.07. The van der Waals surface area contributed by atoms with Crippen LogP contribution in [0.15, 0.2) is 103 Å². The van der Waals surface area contributed by atoms with Crippen LogP contribution in [0.1, 0.15) is 48.4 Å². The molecule has 4 aromatic carbocycles. The van der Waals surface area contributed by atoms with Gasteiger partial charge < -0.3 is 20.0 Å². The molecule has 1 atom stereocenters. The topological polar surface area (TPSA) is 87.7 Å². The van der Waals surface area contributed by atoms with Crippen molar-refractivity contribution in [2.45, 2.75) is 26.9 Å². The van der Waals surface area contributed by atoms with Crippen LogP contribution < -0.4 is 25.9 Å². The Hall–Kier alpha value is -4.21. The number of nitrogens with one attached hydrogen (secondary N) is 2. The third kappa shape index (κ3) is 9.20. The normalized spacial score (nSPS) is 12.2. The monoisotopic (exact) mass is 686 g/mol. The van der Waals surface area contributed by atoms with Crippen molar-refractivity contribution in [2.75, 3.05) is 25.5 Å². The molecular weight excluding hydrogens is 649 g/mol. The van der Waals surface area contributed by atoms with Crippen molar-refractivity contribution in [1.29, 1.82) is 0 Å². The Morgan fingerprint density at radius 3 is 1.98 bits per heavy atom. The Bertz CT molecular complexity index is 1690. The van der Waals surface area contributed by atoms with Gasteiger partial charge in [0, 0.05) is 36.3 Å². The second-order valence-electron chi connectivity index (χ2n) is 11.9. The fraction of sp³-hybridized carbons (Fsp3) is 0.216. The number of hydrogen-bond acceptors (Lipinski definition) is 4. The van der Waals surface area contributed by atoms with Gasteiger partial charge in [-0.05, 0) is 51.7 Å². The summed E-state index contributed by atoms with van der Waals surface area (Å²) in [4.78, 5) is 38.9. The van der Waals surface area contributed by atoms with E-state index in [0.717, 1.165) is 15.9 Å². The molecule has 0 aliphatic rings. The molecule has 0 spiro atoms. The minimum atomic E-state index is -1.73. The summed E-state index contributed by atoms with van der Waals surface area (Å²) in [5.74, 6) is -1.01. The van der Waals surface area contributed by atoms with Gasteiger partial charge in [-0.25, -0.2) is 0 Å². The van der Waals surface area contributed by atoms with E-state index in [0.29, 0.717) is 26.9 Å². The summed E-state index contributed by atoms with van der Waals surface area (Å²) in [5, 5.41) is 8.10. The Labute approximate surface area is 288 Å². The lowest BCUT2D eigenvalue weighted by atomic mass is 9.84. The summed E-state index contributed by atoms with van der Waals surface area (Å²) >= 11 is 13.9. The van der Waals surface area contributed by atoms with Crippen molar-refractivity contribution in [2.24, 2.45) is 5.41 Å². The van der Waals surface area contributed by atoms with Crippen molar-refractivity contribution in [3.05, 3.63) is 130 Å². The van der Waals surface area contributed by atoms with Crippen LogP contribution in [0.5, 0.6) is 0 Å². The molecule has 0 heterocycles. The molecule has 0 bridgehead atoms. The van der Waals surface area contributed by atoms with E-state index in [2.05, 4.69) is 55.7 Å². The van der Waals surface area contributed by atoms with Gasteiger partial charge in [0.1, 0.15) is 0 Å². The van der Waals surface area contributed by atoms with E-state index < -0.39 is 26.5 Å². The molecule has 1 unspecified atom stereocenters. The molecule has 1 radical (unpaired) electrons. The van der Waals surface area contributed by atoms with Crippen LogP contribution in [0.4, 0.5) is 5.69 Å². The van der Waals surface area contributed by atoms with Crippen LogP contribution in [0.25, 0.3) is 6.08 Å². The number of halogens is 2. The predicted molar refractivity (Wildman–Crippen MR) is 193 cm³/mol. The van der Waals surface area contributed by atoms with Crippen molar-refractivity contribution in [3.63, 3.8) is 0 Å². The Kier molecular flexibility index (Phi) is 12.2. The van der Waals surface area contributed by atoms with E-state index in [4.69, 9.17) is 27.6 Å². The van der Waals surface area contributed by atoms with Crippen LogP contribution >= 0.6 is 23.2 Å². The second kappa shape index (κ2) is 16.1. The molecule has 3 amide bonds. The first-order valence-corrected chi connectivity index (χ1v) is 17.2. The van der Waals surface area contributed by atoms with Gasteiger partial charge in [0.2, 0.25) is 11.8 Å². The SMILES string of the molecule is CNC(=O)c1ccc(C=CC(=O)NCC(=O)N(C)c2ccc(Cl)c(C(O[Si](c3ccccc3)c3ccccc3)C(C)(C)C)c2Cl)cc1. The number of amides is 3. The third-order valence-electron chi connectivity index (χ3n) is 7.44. The van der Waals surface area contributed by atoms with Crippen molar-refractivity contribution in [3.8, 4) is 0 Å². The number of anilines is 1. The van der Waals surface area contributed by atoms with Crippen LogP contribution in [-0.2, 0) is 14.0 Å². The average molecular weight is 688 g/mol. The third-order valence-corrected chi connectivity index (χ3v) is 10.4. The molecule has 0 aromatic heterocycles. The molecule has 0 saturated carbocycles. The molecule has 0 aliphatic heterocycles. The van der Waals surface area contributed by atoms with E-state index in [1.54, 1.807) is 56.6 Å². The number of benzene rings is 4. The van der Waals surface area contributed by atoms with E-state index in [9.17, 15) is 14.4 Å². The fourth-order valence-corrected chi connectivity index (χ4v) is 7.86. The maximum atomic E-state index is 13.2. The summed E-state index contributed by atoms with van der Waals surface area (Å²) in [6.07, 6.45) is 2.42. The molecule has 4 rings (SSSR count). The quantitative estimate of drug-likeness (QED) is 0.149. The van der Waals surface area contributed by atoms with E-state index in [1.165, 1.54) is 11.0 Å². The number of carbonyl (C=O) groups excluding carboxylic acids is 3. The Balaban J connectivity index is 1.53. The van der Waals surface area contributed by atoms with Crippen molar-refractivity contribution < 1.29 is 18.8 Å². The number of rotatable bonds is 11. The summed E-state index contributed by atoms with van der Waals surface area (Å²) in [7, 11) is 1.44. The highest BCUT2D eigenvalue weighted by molar-refractivity contribution is 6.80. The lowest BCUT2D eigenvalue weighted by Crippen LogP contribution is -2.47. The standard InChI is InChI=1S/C37H38Cl2N3O4Si/c1-37(2,3)35(46-47(27-12-8-6-9-13-27)28-14-10-7-11-15-28)33-29(38)21-22-30(34(33)39)42(5)32(44)24-41-31(43)23-18-25-16-19-26(20-17-25)36(45)40-4/h6-23,35H,24H2,1-5H3,(H,40,45)(H,41,43). The minimum Gasteiger partial charge on any atom is -0.400 e. The Morgan fingerprint density at radius 2 is 1.45 bits per heavy atom. The van der Waals surface area contributed by atoms with Gasteiger partial charge >= 0.3 is 0 Å². The highest BCUT2D eigenvalue weighted by Gasteiger charge is 2.36. The van der Waals surface area contributed by atoms with Crippen LogP contribution in [0.3, 0.4) is 0 Å². The minimum absolute atomic E-state index is 0.194. The zero-order valence-electron chi connectivity index (χ0n) is 27.0. The van der Waals surface area contributed by atoms with Gasteiger partial charge in [0.05, 0.1) is 23.4 Å². The van der Waals surface area contributed by atoms with Gasteiger partial charge in [0.15, 0.2) is 0 Å². The van der Waals surface area contributed by atoms with E-state index >= 15 is 0 Å². The highest BCUT2D eigenvalue weighted by Crippen LogP contribution is 2.46. The molecule has 10 heteroatoms. The van der Waals surface area contributed by atoms with E-state index in [1.807, 2.05) is 36.4 Å². The molecule has 243 valence electrons. The summed E-state index contributed by atoms with van der Waals surface area (Å²) in [6, 6.07) is 30.4. The zero-order valence-corrected chi connectivity index (χ0v) is 29.5. The maximum Gasteiger partial charge on any atom is 0.283 e. The Morgan fingerprint density at radius 1 is 0.872 bits per heavy atom. The zero-order chi connectivity index (χ0) is 34.1. The predicted octanol–water partition coefficient (Wildman–Crippen LogP) is 6.06. The smallest absolute Gasteiger partial charge is 0.283 e. The summed E-state index contributed by atoms with van der Waals surface area (Å²) in [6.45, 7) is 5.96. The second-order valence-corrected chi connectivity index (χ2v) is 14.8. The summed E-state index contributed by atoms with van der Waals surface area (Å²) < 4.78 is 7.04. The first-order valence-electron chi connectivity index (χ1n) is 15.1. The van der Waals surface area contributed by atoms with E-state index in [-0.39, 0.29) is 18.4 Å². The number of hydrogen-bond donors (Lipinski definition) is 2. The van der Waals surface area contributed by atoms with Crippen LogP contribution in [0.2, 0.25) is 10.0 Å². The molecule has 4 aromatic rings. The summed E-state index contributed by atoms with van der Waals surface area (Å²) in [5.41, 5.74) is 1.87.